The van der Waals surface area contributed by atoms with Crippen LogP contribution in [0.3, 0.4) is 0 Å². The SMILES string of the molecule is COC(=O)c1ccc(C)c(S(=O)(=O)NC(C)C2CCCNC2)c1.Cl. The number of esters is 1. The molecule has 8 heteroatoms. The third-order valence-corrected chi connectivity index (χ3v) is 5.98. The Balaban J connectivity index is 0.00000288. The summed E-state index contributed by atoms with van der Waals surface area (Å²) in [5, 5.41) is 3.29. The van der Waals surface area contributed by atoms with Crippen molar-refractivity contribution in [3.63, 3.8) is 0 Å². The van der Waals surface area contributed by atoms with Crippen LogP contribution in [0.5, 0.6) is 0 Å². The van der Waals surface area contributed by atoms with Crippen LogP contribution in [0.1, 0.15) is 35.7 Å². The van der Waals surface area contributed by atoms with Gasteiger partial charge in [-0.1, -0.05) is 6.07 Å². The van der Waals surface area contributed by atoms with Crippen molar-refractivity contribution >= 4 is 28.4 Å². The summed E-state index contributed by atoms with van der Waals surface area (Å²) in [5.41, 5.74) is 0.824. The lowest BCUT2D eigenvalue weighted by Gasteiger charge is -2.29. The van der Waals surface area contributed by atoms with E-state index in [2.05, 4.69) is 14.8 Å². The Morgan fingerprint density at radius 3 is 2.71 bits per heavy atom. The number of sulfonamides is 1. The van der Waals surface area contributed by atoms with Gasteiger partial charge in [0, 0.05) is 6.04 Å². The van der Waals surface area contributed by atoms with Crippen molar-refractivity contribution in [2.24, 2.45) is 5.92 Å². The second-order valence-corrected chi connectivity index (χ2v) is 7.67. The van der Waals surface area contributed by atoms with Gasteiger partial charge in [0.15, 0.2) is 0 Å². The first-order valence-corrected chi connectivity index (χ1v) is 9.25. The van der Waals surface area contributed by atoms with E-state index in [1.807, 2.05) is 6.92 Å². The number of carbonyl (C=O) groups excluding carboxylic acids is 1. The summed E-state index contributed by atoms with van der Waals surface area (Å²) in [6.07, 6.45) is 2.05. The number of rotatable bonds is 5. The number of nitrogens with one attached hydrogen (secondary N) is 2. The van der Waals surface area contributed by atoms with E-state index in [0.717, 1.165) is 25.9 Å². The van der Waals surface area contributed by atoms with E-state index in [9.17, 15) is 13.2 Å². The maximum atomic E-state index is 12.7. The quantitative estimate of drug-likeness (QED) is 0.766. The van der Waals surface area contributed by atoms with E-state index in [1.165, 1.54) is 13.2 Å². The molecule has 6 nitrogen and oxygen atoms in total. The van der Waals surface area contributed by atoms with Gasteiger partial charge in [0.1, 0.15) is 0 Å². The van der Waals surface area contributed by atoms with E-state index >= 15 is 0 Å². The zero-order valence-corrected chi connectivity index (χ0v) is 15.8. The maximum Gasteiger partial charge on any atom is 0.337 e. The second-order valence-electron chi connectivity index (χ2n) is 5.99. The Morgan fingerprint density at radius 2 is 2.12 bits per heavy atom. The summed E-state index contributed by atoms with van der Waals surface area (Å²) in [4.78, 5) is 11.7. The molecule has 1 aliphatic rings. The predicted octanol–water partition coefficient (Wildman–Crippen LogP) is 1.87. The van der Waals surface area contributed by atoms with Crippen LogP contribution in [0.2, 0.25) is 0 Å². The minimum Gasteiger partial charge on any atom is -0.465 e. The number of halogens is 1. The molecule has 0 aliphatic carbocycles. The molecule has 1 aliphatic heterocycles. The zero-order valence-electron chi connectivity index (χ0n) is 14.2. The summed E-state index contributed by atoms with van der Waals surface area (Å²) >= 11 is 0. The first-order valence-electron chi connectivity index (χ1n) is 7.77. The molecule has 0 radical (unpaired) electrons. The molecule has 1 fully saturated rings. The fraction of sp³-hybridized carbons (Fsp3) is 0.562. The highest BCUT2D eigenvalue weighted by molar-refractivity contribution is 7.89. The fourth-order valence-corrected chi connectivity index (χ4v) is 4.43. The molecular weight excluding hydrogens is 352 g/mol. The Labute approximate surface area is 149 Å². The fourth-order valence-electron chi connectivity index (χ4n) is 2.84. The van der Waals surface area contributed by atoms with Crippen LogP contribution in [0, 0.1) is 12.8 Å². The van der Waals surface area contributed by atoms with Gasteiger partial charge in [-0.2, -0.15) is 0 Å². The van der Waals surface area contributed by atoms with Crippen molar-refractivity contribution in [2.45, 2.75) is 37.6 Å². The molecule has 1 saturated heterocycles. The van der Waals surface area contributed by atoms with Crippen molar-refractivity contribution in [3.05, 3.63) is 29.3 Å². The monoisotopic (exact) mass is 376 g/mol. The van der Waals surface area contributed by atoms with Crippen LogP contribution in [0.15, 0.2) is 23.1 Å². The number of piperidine rings is 1. The Bertz CT molecular complexity index is 673. The van der Waals surface area contributed by atoms with Crippen molar-refractivity contribution < 1.29 is 17.9 Å². The minimum atomic E-state index is -3.69. The summed E-state index contributed by atoms with van der Waals surface area (Å²) in [6, 6.07) is 4.38. The molecule has 24 heavy (non-hydrogen) atoms. The molecule has 0 aromatic heterocycles. The molecule has 0 bridgehead atoms. The largest absolute Gasteiger partial charge is 0.465 e. The number of hydrogen-bond acceptors (Lipinski definition) is 5. The van der Waals surface area contributed by atoms with Gasteiger partial charge in [-0.3, -0.25) is 0 Å². The maximum absolute atomic E-state index is 12.7. The van der Waals surface area contributed by atoms with E-state index in [4.69, 9.17) is 0 Å². The molecule has 1 aromatic rings. The van der Waals surface area contributed by atoms with Gasteiger partial charge in [0.2, 0.25) is 10.0 Å². The molecule has 0 saturated carbocycles. The molecule has 136 valence electrons. The molecule has 2 N–H and O–H groups in total. The van der Waals surface area contributed by atoms with Crippen LogP contribution >= 0.6 is 12.4 Å². The van der Waals surface area contributed by atoms with Crippen molar-refractivity contribution in [1.29, 1.82) is 0 Å². The standard InChI is InChI=1S/C16H24N2O4S.ClH/c1-11-6-7-13(16(19)22-3)9-15(11)23(20,21)18-12(2)14-5-4-8-17-10-14;/h6-7,9,12,14,17-18H,4-5,8,10H2,1-3H3;1H. The van der Waals surface area contributed by atoms with Gasteiger partial charge in [-0.05, 0) is 63.4 Å². The highest BCUT2D eigenvalue weighted by Crippen LogP contribution is 2.21. The summed E-state index contributed by atoms with van der Waals surface area (Å²) < 4.78 is 32.8. The van der Waals surface area contributed by atoms with Crippen molar-refractivity contribution in [3.8, 4) is 0 Å². The van der Waals surface area contributed by atoms with Gasteiger partial charge in [0.05, 0.1) is 17.6 Å². The molecule has 2 rings (SSSR count). The van der Waals surface area contributed by atoms with Gasteiger partial charge in [-0.15, -0.1) is 12.4 Å². The third-order valence-electron chi connectivity index (χ3n) is 4.28. The molecule has 0 spiro atoms. The molecule has 2 atom stereocenters. The molecule has 1 aromatic carbocycles. The van der Waals surface area contributed by atoms with E-state index in [0.29, 0.717) is 5.56 Å². The highest BCUT2D eigenvalue weighted by Gasteiger charge is 2.26. The number of aryl methyl sites for hydroxylation is 1. The van der Waals surface area contributed by atoms with Gasteiger partial charge >= 0.3 is 5.97 Å². The van der Waals surface area contributed by atoms with Crippen LogP contribution in [0.4, 0.5) is 0 Å². The molecule has 2 unspecified atom stereocenters. The summed E-state index contributed by atoms with van der Waals surface area (Å²) in [7, 11) is -2.42. The van der Waals surface area contributed by atoms with Crippen LogP contribution in [-0.4, -0.2) is 40.6 Å². The van der Waals surface area contributed by atoms with Crippen LogP contribution in [0.25, 0.3) is 0 Å². The van der Waals surface area contributed by atoms with Crippen molar-refractivity contribution in [1.82, 2.24) is 10.0 Å². The summed E-state index contributed by atoms with van der Waals surface area (Å²) in [5.74, 6) is -0.284. The minimum absolute atomic E-state index is 0. The lowest BCUT2D eigenvalue weighted by molar-refractivity contribution is 0.0600. The molecule has 1 heterocycles. The normalized spacial score (nSPS) is 19.2. The first-order chi connectivity index (χ1) is 10.8. The second kappa shape index (κ2) is 8.80. The predicted molar refractivity (Wildman–Crippen MR) is 95.1 cm³/mol. The Morgan fingerprint density at radius 1 is 1.42 bits per heavy atom. The highest BCUT2D eigenvalue weighted by atomic mass is 35.5. The topological polar surface area (TPSA) is 84.5 Å². The third kappa shape index (κ3) is 4.92. The number of ether oxygens (including phenoxy) is 1. The van der Waals surface area contributed by atoms with Crippen LogP contribution in [-0.2, 0) is 14.8 Å². The first kappa shape index (κ1) is 20.9. The lowest BCUT2D eigenvalue weighted by Crippen LogP contribution is -2.44. The zero-order chi connectivity index (χ0) is 17.0. The molecule has 0 amide bonds. The number of methoxy groups -OCH3 is 1. The van der Waals surface area contributed by atoms with E-state index in [1.54, 1.807) is 19.1 Å². The van der Waals surface area contributed by atoms with Gasteiger partial charge in [-0.25, -0.2) is 17.9 Å². The van der Waals surface area contributed by atoms with Crippen LogP contribution < -0.4 is 10.0 Å². The smallest absolute Gasteiger partial charge is 0.337 e. The van der Waals surface area contributed by atoms with E-state index in [-0.39, 0.29) is 34.8 Å². The van der Waals surface area contributed by atoms with E-state index < -0.39 is 16.0 Å². The number of benzene rings is 1. The Hall–Kier alpha value is -1.15. The Kier molecular flexibility index (Phi) is 7.66. The van der Waals surface area contributed by atoms with Gasteiger partial charge < -0.3 is 10.1 Å². The molecular formula is C16H25ClN2O4S. The van der Waals surface area contributed by atoms with Crippen molar-refractivity contribution in [2.75, 3.05) is 20.2 Å². The summed E-state index contributed by atoms with van der Waals surface area (Å²) in [6.45, 7) is 5.39. The average molecular weight is 377 g/mol. The van der Waals surface area contributed by atoms with Gasteiger partial charge in [0.25, 0.3) is 0 Å². The number of carbonyl (C=O) groups is 1. The average Bonchev–Trinajstić information content (AvgIpc) is 2.54. The lowest BCUT2D eigenvalue weighted by atomic mass is 9.94. The number of hydrogen-bond donors (Lipinski definition) is 2.